The second-order valence-electron chi connectivity index (χ2n) is 10.2. The maximum Gasteiger partial charge on any atom is 0.318 e. The van der Waals surface area contributed by atoms with Gasteiger partial charge in [0, 0.05) is 50.0 Å². The van der Waals surface area contributed by atoms with Crippen LogP contribution in [0.5, 0.6) is 0 Å². The van der Waals surface area contributed by atoms with E-state index in [1.807, 2.05) is 76.7 Å². The van der Waals surface area contributed by atoms with Gasteiger partial charge in [-0.1, -0.05) is 27.7 Å². The van der Waals surface area contributed by atoms with E-state index in [9.17, 15) is 9.59 Å². The number of nitrogens with zero attached hydrogens (tertiary/aromatic N) is 2. The first kappa shape index (κ1) is 25.8. The molecular weight excluding hydrogens is 376 g/mol. The van der Waals surface area contributed by atoms with Crippen molar-refractivity contribution in [3.05, 3.63) is 23.8 Å². The number of anilines is 2. The molecule has 0 aliphatic rings. The van der Waals surface area contributed by atoms with Gasteiger partial charge in [-0.3, -0.25) is 4.79 Å². The minimum absolute atomic E-state index is 0.00596. The van der Waals surface area contributed by atoms with Crippen molar-refractivity contribution in [2.45, 2.75) is 79.9 Å². The Hall–Kier alpha value is -2.24. The fraction of sp³-hybridized carbons (Fsp3) is 0.667. The molecule has 3 amide bonds. The lowest BCUT2D eigenvalue weighted by molar-refractivity contribution is -0.116. The van der Waals surface area contributed by atoms with Gasteiger partial charge in [-0.25, -0.2) is 4.79 Å². The quantitative estimate of drug-likeness (QED) is 0.618. The molecule has 1 rings (SSSR count). The summed E-state index contributed by atoms with van der Waals surface area (Å²) in [6.45, 7) is 16.8. The summed E-state index contributed by atoms with van der Waals surface area (Å²) < 4.78 is 0. The standard InChI is InChI=1S/C24H42N4O2/c1-16(2)13-22(29)25-20-11-12-21(27(9)10)19(14-20)15-28(18(5)17(3)4)23(30)26-24(6,7)8/h11-12,14,16-18H,13,15H2,1-10H3,(H,25,29)(H,26,30)/t18-/m0/s1. The van der Waals surface area contributed by atoms with E-state index in [2.05, 4.69) is 31.4 Å². The molecule has 6 heteroatoms. The number of carbonyl (C=O) groups is 2. The molecule has 2 N–H and O–H groups in total. The van der Waals surface area contributed by atoms with Gasteiger partial charge in [0.05, 0.1) is 0 Å². The van der Waals surface area contributed by atoms with Crippen LogP contribution >= 0.6 is 0 Å². The number of hydrogen-bond donors (Lipinski definition) is 2. The molecule has 0 radical (unpaired) electrons. The van der Waals surface area contributed by atoms with E-state index in [0.717, 1.165) is 16.9 Å². The Bertz CT molecular complexity index is 720. The summed E-state index contributed by atoms with van der Waals surface area (Å²) in [5.74, 6) is 0.618. The molecule has 0 aliphatic heterocycles. The summed E-state index contributed by atoms with van der Waals surface area (Å²) >= 11 is 0. The van der Waals surface area contributed by atoms with E-state index in [4.69, 9.17) is 0 Å². The third-order valence-electron chi connectivity index (χ3n) is 4.98. The molecule has 0 unspecified atom stereocenters. The molecule has 0 aliphatic carbocycles. The normalized spacial score (nSPS) is 12.7. The van der Waals surface area contributed by atoms with E-state index < -0.39 is 0 Å². The van der Waals surface area contributed by atoms with Crippen LogP contribution in [0.1, 0.15) is 67.4 Å². The van der Waals surface area contributed by atoms with Crippen molar-refractivity contribution in [3.63, 3.8) is 0 Å². The van der Waals surface area contributed by atoms with Crippen LogP contribution < -0.4 is 15.5 Å². The van der Waals surface area contributed by atoms with Gasteiger partial charge >= 0.3 is 6.03 Å². The van der Waals surface area contributed by atoms with Crippen LogP contribution in [0.4, 0.5) is 16.2 Å². The largest absolute Gasteiger partial charge is 0.377 e. The highest BCUT2D eigenvalue weighted by atomic mass is 16.2. The minimum Gasteiger partial charge on any atom is -0.377 e. The number of nitrogens with one attached hydrogen (secondary N) is 2. The molecule has 6 nitrogen and oxygen atoms in total. The molecule has 0 bridgehead atoms. The first-order valence-electron chi connectivity index (χ1n) is 10.9. The van der Waals surface area contributed by atoms with Crippen LogP contribution in [0.15, 0.2) is 18.2 Å². The van der Waals surface area contributed by atoms with Gasteiger partial charge in [0.1, 0.15) is 0 Å². The molecule has 0 fully saturated rings. The summed E-state index contributed by atoms with van der Waals surface area (Å²) in [5.41, 5.74) is 2.47. The topological polar surface area (TPSA) is 64.7 Å². The monoisotopic (exact) mass is 418 g/mol. The van der Waals surface area contributed by atoms with E-state index in [1.54, 1.807) is 0 Å². The Morgan fingerprint density at radius 3 is 2.10 bits per heavy atom. The van der Waals surface area contributed by atoms with Crippen LogP contribution in [0.2, 0.25) is 0 Å². The smallest absolute Gasteiger partial charge is 0.318 e. The molecule has 1 aromatic rings. The van der Waals surface area contributed by atoms with Gasteiger partial charge in [-0.2, -0.15) is 0 Å². The molecule has 0 heterocycles. The van der Waals surface area contributed by atoms with Crippen molar-refractivity contribution in [2.24, 2.45) is 11.8 Å². The predicted molar refractivity (Wildman–Crippen MR) is 127 cm³/mol. The first-order chi connectivity index (χ1) is 13.7. The zero-order valence-corrected chi connectivity index (χ0v) is 20.6. The van der Waals surface area contributed by atoms with E-state index in [1.165, 1.54) is 0 Å². The van der Waals surface area contributed by atoms with Gasteiger partial charge in [-0.05, 0) is 63.3 Å². The maximum absolute atomic E-state index is 13.1. The SMILES string of the molecule is CC(C)CC(=O)Nc1ccc(N(C)C)c(CN(C(=O)NC(C)(C)C)[C@@H](C)C(C)C)c1. The van der Waals surface area contributed by atoms with Gasteiger partial charge in [0.15, 0.2) is 0 Å². The lowest BCUT2D eigenvalue weighted by Crippen LogP contribution is -2.52. The number of rotatable bonds is 8. The highest BCUT2D eigenvalue weighted by Crippen LogP contribution is 2.27. The minimum atomic E-state index is -0.316. The Kier molecular flexibility index (Phi) is 9.19. The van der Waals surface area contributed by atoms with Crippen LogP contribution in [0, 0.1) is 11.8 Å². The van der Waals surface area contributed by atoms with Gasteiger partial charge in [0.25, 0.3) is 0 Å². The van der Waals surface area contributed by atoms with Crippen LogP contribution in [-0.2, 0) is 11.3 Å². The van der Waals surface area contributed by atoms with Crippen LogP contribution in [-0.4, -0.2) is 42.5 Å². The molecule has 0 aromatic heterocycles. The molecule has 170 valence electrons. The Balaban J connectivity index is 3.26. The first-order valence-corrected chi connectivity index (χ1v) is 10.9. The molecule has 1 aromatic carbocycles. The maximum atomic E-state index is 13.1. The van der Waals surface area contributed by atoms with Crippen molar-refractivity contribution in [2.75, 3.05) is 24.3 Å². The average molecular weight is 419 g/mol. The highest BCUT2D eigenvalue weighted by Gasteiger charge is 2.27. The highest BCUT2D eigenvalue weighted by molar-refractivity contribution is 5.91. The van der Waals surface area contributed by atoms with Crippen LogP contribution in [0.3, 0.4) is 0 Å². The zero-order chi connectivity index (χ0) is 23.2. The van der Waals surface area contributed by atoms with Crippen molar-refractivity contribution < 1.29 is 9.59 Å². The van der Waals surface area contributed by atoms with Crippen molar-refractivity contribution >= 4 is 23.3 Å². The fourth-order valence-electron chi connectivity index (χ4n) is 3.15. The summed E-state index contributed by atoms with van der Waals surface area (Å²) in [7, 11) is 3.97. The zero-order valence-electron chi connectivity index (χ0n) is 20.6. The van der Waals surface area contributed by atoms with Gasteiger partial charge in [0.2, 0.25) is 5.91 Å². The Morgan fingerprint density at radius 2 is 1.63 bits per heavy atom. The third-order valence-corrected chi connectivity index (χ3v) is 4.98. The predicted octanol–water partition coefficient (Wildman–Crippen LogP) is 5.09. The van der Waals surface area contributed by atoms with E-state index in [-0.39, 0.29) is 23.5 Å². The van der Waals surface area contributed by atoms with Crippen molar-refractivity contribution in [3.8, 4) is 0 Å². The number of benzene rings is 1. The second-order valence-corrected chi connectivity index (χ2v) is 10.2. The fourth-order valence-corrected chi connectivity index (χ4v) is 3.15. The molecule has 0 spiro atoms. The van der Waals surface area contributed by atoms with Crippen LogP contribution in [0.25, 0.3) is 0 Å². The molecule has 30 heavy (non-hydrogen) atoms. The van der Waals surface area contributed by atoms with Crippen molar-refractivity contribution in [1.82, 2.24) is 10.2 Å². The Morgan fingerprint density at radius 1 is 1.03 bits per heavy atom. The second kappa shape index (κ2) is 10.7. The summed E-state index contributed by atoms with van der Waals surface area (Å²) in [6, 6.07) is 5.88. The summed E-state index contributed by atoms with van der Waals surface area (Å²) in [4.78, 5) is 29.3. The van der Waals surface area contributed by atoms with Crippen molar-refractivity contribution in [1.29, 1.82) is 0 Å². The molecular formula is C24H42N4O2. The molecule has 0 saturated heterocycles. The summed E-state index contributed by atoms with van der Waals surface area (Å²) in [6.07, 6.45) is 0.481. The number of amides is 3. The van der Waals surface area contributed by atoms with E-state index in [0.29, 0.717) is 24.8 Å². The lowest BCUT2D eigenvalue weighted by atomic mass is 10.0. The van der Waals surface area contributed by atoms with Gasteiger partial charge < -0.3 is 20.4 Å². The number of carbonyl (C=O) groups excluding carboxylic acids is 2. The third kappa shape index (κ3) is 8.25. The molecule has 0 saturated carbocycles. The number of hydrogen-bond acceptors (Lipinski definition) is 3. The van der Waals surface area contributed by atoms with E-state index >= 15 is 0 Å². The number of urea groups is 1. The lowest BCUT2D eigenvalue weighted by Gasteiger charge is -2.35. The molecule has 1 atom stereocenters. The average Bonchev–Trinajstić information content (AvgIpc) is 2.56. The Labute approximate surface area is 183 Å². The van der Waals surface area contributed by atoms with Gasteiger partial charge in [-0.15, -0.1) is 0 Å². The summed E-state index contributed by atoms with van der Waals surface area (Å²) in [5, 5.41) is 6.09.